The first-order valence-electron chi connectivity index (χ1n) is 7.79. The van der Waals surface area contributed by atoms with Gasteiger partial charge in [-0.1, -0.05) is 84.1 Å². The van der Waals surface area contributed by atoms with Gasteiger partial charge in [-0.2, -0.15) is 0 Å². The monoisotopic (exact) mass is 332 g/mol. The maximum atomic E-state index is 10.9. The van der Waals surface area contributed by atoms with E-state index in [9.17, 15) is 5.11 Å². The van der Waals surface area contributed by atoms with Crippen molar-refractivity contribution in [1.82, 2.24) is 0 Å². The Labute approximate surface area is 147 Å². The van der Waals surface area contributed by atoms with Crippen LogP contribution in [0.3, 0.4) is 0 Å². The highest BCUT2D eigenvalue weighted by atomic mass is 35.5. The highest BCUT2D eigenvalue weighted by Crippen LogP contribution is 2.31. The van der Waals surface area contributed by atoms with Crippen LogP contribution in [-0.4, -0.2) is 5.11 Å². The van der Waals surface area contributed by atoms with Gasteiger partial charge in [-0.05, 0) is 35.4 Å². The van der Waals surface area contributed by atoms with Crippen LogP contribution in [0.4, 0.5) is 0 Å². The van der Waals surface area contributed by atoms with E-state index in [4.69, 9.17) is 11.6 Å². The van der Waals surface area contributed by atoms with Crippen molar-refractivity contribution in [3.05, 3.63) is 107 Å². The molecule has 3 rings (SSSR count). The van der Waals surface area contributed by atoms with E-state index in [0.29, 0.717) is 5.02 Å². The molecule has 0 fully saturated rings. The number of hydrogen-bond donors (Lipinski definition) is 1. The van der Waals surface area contributed by atoms with Crippen molar-refractivity contribution in [2.45, 2.75) is 12.0 Å². The van der Waals surface area contributed by atoms with Gasteiger partial charge in [-0.3, -0.25) is 0 Å². The molecule has 1 nitrogen and oxygen atoms in total. The van der Waals surface area contributed by atoms with E-state index < -0.39 is 6.10 Å². The highest BCUT2D eigenvalue weighted by molar-refractivity contribution is 6.30. The molecule has 2 heteroatoms. The lowest BCUT2D eigenvalue weighted by Gasteiger charge is -2.19. The first kappa shape index (κ1) is 16.3. The molecule has 2 atom stereocenters. The molecule has 3 aromatic carbocycles. The van der Waals surface area contributed by atoms with Crippen molar-refractivity contribution in [3.63, 3.8) is 0 Å². The van der Waals surface area contributed by atoms with E-state index >= 15 is 0 Å². The zero-order valence-corrected chi connectivity index (χ0v) is 13.8. The second-order valence-corrected chi connectivity index (χ2v) is 5.96. The van der Waals surface area contributed by atoms with Crippen molar-refractivity contribution in [2.24, 2.45) is 0 Å². The molecule has 0 aliphatic carbocycles. The first-order valence-corrected chi connectivity index (χ1v) is 8.17. The minimum Gasteiger partial charge on any atom is -0.387 e. The average molecular weight is 333 g/mol. The average Bonchev–Trinajstić information content (AvgIpc) is 2.64. The summed E-state index contributed by atoms with van der Waals surface area (Å²) in [5, 5.41) is 11.5. The normalized spacial score (nSPS) is 12.8. The highest BCUT2D eigenvalue weighted by Gasteiger charge is 2.20. The summed E-state index contributed by atoms with van der Waals surface area (Å²) in [6.45, 7) is 0. The maximum absolute atomic E-state index is 10.9. The molecule has 0 aliphatic rings. The van der Waals surface area contributed by atoms with E-state index in [-0.39, 0.29) is 5.92 Å². The molecule has 0 amide bonds. The number of rotatable bonds is 3. The molecule has 0 aliphatic heterocycles. The smallest absolute Gasteiger partial charge is 0.0968 e. The molecule has 0 bridgehead atoms. The zero-order valence-electron chi connectivity index (χ0n) is 13.1. The van der Waals surface area contributed by atoms with Crippen LogP contribution in [0.1, 0.15) is 28.7 Å². The van der Waals surface area contributed by atoms with E-state index in [2.05, 4.69) is 11.8 Å². The Balaban J connectivity index is 1.96. The van der Waals surface area contributed by atoms with Crippen LogP contribution in [0.5, 0.6) is 0 Å². The molecule has 1 N–H and O–H groups in total. The SMILES string of the molecule is O[C@H](c1ccc(Cl)cc1)C(C#Cc1ccccc1)c1ccccc1. The van der Waals surface area contributed by atoms with Crippen LogP contribution >= 0.6 is 11.6 Å². The summed E-state index contributed by atoms with van der Waals surface area (Å²) in [5.74, 6) is 6.09. The molecule has 3 aromatic rings. The van der Waals surface area contributed by atoms with Gasteiger partial charge in [0, 0.05) is 10.6 Å². The molecular formula is C22H17ClO. The molecule has 0 aromatic heterocycles. The van der Waals surface area contributed by atoms with Gasteiger partial charge in [0.25, 0.3) is 0 Å². The molecular weight excluding hydrogens is 316 g/mol. The Morgan fingerprint density at radius 2 is 1.29 bits per heavy atom. The summed E-state index contributed by atoms with van der Waals surface area (Å²) in [5.41, 5.74) is 2.72. The number of halogens is 1. The summed E-state index contributed by atoms with van der Waals surface area (Å²) < 4.78 is 0. The molecule has 118 valence electrons. The van der Waals surface area contributed by atoms with E-state index in [1.165, 1.54) is 0 Å². The van der Waals surface area contributed by atoms with Gasteiger partial charge in [0.1, 0.15) is 0 Å². The Morgan fingerprint density at radius 3 is 1.92 bits per heavy atom. The summed E-state index contributed by atoms with van der Waals surface area (Å²) >= 11 is 5.94. The van der Waals surface area contributed by atoms with Gasteiger partial charge in [0.05, 0.1) is 12.0 Å². The minimum atomic E-state index is -0.721. The van der Waals surface area contributed by atoms with Crippen LogP contribution in [-0.2, 0) is 0 Å². The zero-order chi connectivity index (χ0) is 16.8. The van der Waals surface area contributed by atoms with Crippen LogP contribution in [0.25, 0.3) is 0 Å². The second-order valence-electron chi connectivity index (χ2n) is 5.52. The lowest BCUT2D eigenvalue weighted by molar-refractivity contribution is 0.165. The van der Waals surface area contributed by atoms with Crippen LogP contribution < -0.4 is 0 Å². The van der Waals surface area contributed by atoms with E-state index in [0.717, 1.165) is 16.7 Å². The van der Waals surface area contributed by atoms with Gasteiger partial charge >= 0.3 is 0 Å². The summed E-state index contributed by atoms with van der Waals surface area (Å²) in [6.07, 6.45) is -0.721. The fraction of sp³-hybridized carbons (Fsp3) is 0.0909. The van der Waals surface area contributed by atoms with Gasteiger partial charge in [0.15, 0.2) is 0 Å². The number of benzene rings is 3. The molecule has 24 heavy (non-hydrogen) atoms. The summed E-state index contributed by atoms with van der Waals surface area (Å²) in [7, 11) is 0. The molecule has 1 unspecified atom stereocenters. The van der Waals surface area contributed by atoms with Gasteiger partial charge in [-0.15, -0.1) is 0 Å². The largest absolute Gasteiger partial charge is 0.387 e. The Morgan fingerprint density at radius 1 is 0.708 bits per heavy atom. The van der Waals surface area contributed by atoms with E-state index in [1.54, 1.807) is 12.1 Å². The first-order chi connectivity index (χ1) is 11.7. The van der Waals surface area contributed by atoms with Crippen molar-refractivity contribution in [3.8, 4) is 11.8 Å². The maximum Gasteiger partial charge on any atom is 0.0968 e. The van der Waals surface area contributed by atoms with Crippen molar-refractivity contribution >= 4 is 11.6 Å². The van der Waals surface area contributed by atoms with E-state index in [1.807, 2.05) is 72.8 Å². The van der Waals surface area contributed by atoms with Crippen molar-refractivity contribution < 1.29 is 5.11 Å². The standard InChI is InChI=1S/C22H17ClO/c23-20-14-12-19(13-15-20)22(24)21(18-9-5-2-6-10-18)16-11-17-7-3-1-4-8-17/h1-10,12-15,21-22,24H/t21?,22-/m1/s1. The predicted molar refractivity (Wildman–Crippen MR) is 98.9 cm³/mol. The number of aliphatic hydroxyl groups is 1. The van der Waals surface area contributed by atoms with Crippen LogP contribution in [0.2, 0.25) is 5.02 Å². The Bertz CT molecular complexity index is 830. The third-order valence-electron chi connectivity index (χ3n) is 3.83. The summed E-state index contributed by atoms with van der Waals surface area (Å²) in [4.78, 5) is 0. The lowest BCUT2D eigenvalue weighted by atomic mass is 9.89. The summed E-state index contributed by atoms with van der Waals surface area (Å²) in [6, 6.07) is 26.9. The van der Waals surface area contributed by atoms with Gasteiger partial charge in [0.2, 0.25) is 0 Å². The van der Waals surface area contributed by atoms with Crippen LogP contribution in [0, 0.1) is 11.8 Å². The molecule has 0 saturated heterocycles. The Kier molecular flexibility index (Phi) is 5.33. The van der Waals surface area contributed by atoms with Crippen LogP contribution in [0.15, 0.2) is 84.9 Å². The topological polar surface area (TPSA) is 20.2 Å². The number of hydrogen-bond acceptors (Lipinski definition) is 1. The molecule has 0 heterocycles. The van der Waals surface area contributed by atoms with Crippen molar-refractivity contribution in [1.29, 1.82) is 0 Å². The third kappa shape index (κ3) is 4.06. The Hall–Kier alpha value is -2.53. The minimum absolute atomic E-state index is 0.312. The number of aliphatic hydroxyl groups excluding tert-OH is 1. The van der Waals surface area contributed by atoms with Gasteiger partial charge in [-0.25, -0.2) is 0 Å². The quantitative estimate of drug-likeness (QED) is 0.653. The molecule has 0 saturated carbocycles. The van der Waals surface area contributed by atoms with Gasteiger partial charge < -0.3 is 5.11 Å². The third-order valence-corrected chi connectivity index (χ3v) is 4.08. The van der Waals surface area contributed by atoms with Crippen molar-refractivity contribution in [2.75, 3.05) is 0 Å². The fourth-order valence-corrected chi connectivity index (χ4v) is 2.67. The molecule has 0 spiro atoms. The predicted octanol–water partition coefficient (Wildman–Crippen LogP) is 5.21. The second kappa shape index (κ2) is 7.84. The molecule has 0 radical (unpaired) electrons. The fourth-order valence-electron chi connectivity index (χ4n) is 2.54. The lowest BCUT2D eigenvalue weighted by Crippen LogP contribution is -2.09.